The summed E-state index contributed by atoms with van der Waals surface area (Å²) < 4.78 is 0. The van der Waals surface area contributed by atoms with Crippen molar-refractivity contribution in [2.45, 2.75) is 6.92 Å². The second-order valence-electron chi connectivity index (χ2n) is 4.51. The van der Waals surface area contributed by atoms with E-state index >= 15 is 0 Å². The van der Waals surface area contributed by atoms with Crippen LogP contribution >= 0.6 is 0 Å². The summed E-state index contributed by atoms with van der Waals surface area (Å²) in [5.41, 5.74) is 0. The molecule has 2 N–H and O–H groups in total. The predicted octanol–water partition coefficient (Wildman–Crippen LogP) is -0.682. The van der Waals surface area contributed by atoms with Gasteiger partial charge >= 0.3 is 0 Å². The zero-order valence-electron chi connectivity index (χ0n) is 11.7. The summed E-state index contributed by atoms with van der Waals surface area (Å²) >= 11 is 0. The van der Waals surface area contributed by atoms with Crippen LogP contribution in [0, 0.1) is 6.04 Å². The number of aliphatic hydroxyl groups is 2. The number of likely N-dealkylation sites (N-methyl/N-ethyl adjacent to an activating group) is 3. The topological polar surface area (TPSA) is 50.2 Å². The van der Waals surface area contributed by atoms with E-state index in [1.54, 1.807) is 0 Å². The van der Waals surface area contributed by atoms with Gasteiger partial charge in [0.15, 0.2) is 0 Å². The van der Waals surface area contributed by atoms with Crippen LogP contribution in [0.5, 0.6) is 0 Å². The second kappa shape index (κ2) is 9.79. The van der Waals surface area contributed by atoms with Crippen molar-refractivity contribution < 1.29 is 10.2 Å². The molecular formula is C12H28N3O2. The number of rotatable bonds is 10. The zero-order chi connectivity index (χ0) is 13.3. The van der Waals surface area contributed by atoms with E-state index < -0.39 is 0 Å². The van der Waals surface area contributed by atoms with Crippen LogP contribution in [0.15, 0.2) is 0 Å². The van der Waals surface area contributed by atoms with E-state index in [0.29, 0.717) is 13.1 Å². The molecule has 0 aromatic carbocycles. The van der Waals surface area contributed by atoms with Gasteiger partial charge in [-0.1, -0.05) is 6.92 Å². The molecule has 0 bridgehead atoms. The molecule has 0 amide bonds. The van der Waals surface area contributed by atoms with Gasteiger partial charge in [-0.2, -0.15) is 0 Å². The largest absolute Gasteiger partial charge is 0.395 e. The minimum absolute atomic E-state index is 0.186. The standard InChI is InChI=1S/C12H28N3O2/c1-5-15(7-9-17)11-12(13(2)3)10-14(4)6-8-16/h16-17H,5-11H2,1-4H3. The quantitative estimate of drug-likeness (QED) is 0.535. The molecule has 0 aliphatic carbocycles. The Balaban J connectivity index is 4.21. The molecule has 0 atom stereocenters. The molecule has 0 saturated carbocycles. The highest BCUT2D eigenvalue weighted by Gasteiger charge is 2.17. The summed E-state index contributed by atoms with van der Waals surface area (Å²) in [7, 11) is 6.08. The number of hydrogen-bond donors (Lipinski definition) is 2. The molecule has 0 aromatic heterocycles. The first-order valence-electron chi connectivity index (χ1n) is 6.19. The van der Waals surface area contributed by atoms with Crippen LogP contribution < -0.4 is 0 Å². The fourth-order valence-electron chi connectivity index (χ4n) is 1.64. The Bertz CT molecular complexity index is 179. The number of hydrogen-bond acceptors (Lipinski definition) is 5. The summed E-state index contributed by atoms with van der Waals surface area (Å²) in [6, 6.07) is 1.29. The van der Waals surface area contributed by atoms with Gasteiger partial charge in [-0.25, -0.2) is 0 Å². The third-order valence-corrected chi connectivity index (χ3v) is 2.84. The van der Waals surface area contributed by atoms with Crippen LogP contribution in [0.4, 0.5) is 0 Å². The summed E-state index contributed by atoms with van der Waals surface area (Å²) in [5, 5.41) is 17.9. The van der Waals surface area contributed by atoms with Crippen molar-refractivity contribution in [2.75, 3.05) is 67.1 Å². The van der Waals surface area contributed by atoms with Crippen LogP contribution in [0.3, 0.4) is 0 Å². The Morgan fingerprint density at radius 2 is 1.53 bits per heavy atom. The highest BCUT2D eigenvalue weighted by molar-refractivity contribution is 4.92. The summed E-state index contributed by atoms with van der Waals surface area (Å²) in [6.45, 7) is 6.50. The Morgan fingerprint density at radius 1 is 0.941 bits per heavy atom. The third-order valence-electron chi connectivity index (χ3n) is 2.84. The molecule has 0 aliphatic rings. The zero-order valence-corrected chi connectivity index (χ0v) is 11.7. The first-order valence-corrected chi connectivity index (χ1v) is 6.19. The van der Waals surface area contributed by atoms with Crippen molar-refractivity contribution in [3.05, 3.63) is 6.04 Å². The average Bonchev–Trinajstić information content (AvgIpc) is 2.27. The molecule has 5 heteroatoms. The van der Waals surface area contributed by atoms with Gasteiger partial charge in [-0.05, 0) is 27.7 Å². The van der Waals surface area contributed by atoms with E-state index in [0.717, 1.165) is 19.6 Å². The molecule has 0 saturated heterocycles. The average molecular weight is 246 g/mol. The summed E-state index contributed by atoms with van der Waals surface area (Å²) in [4.78, 5) is 6.43. The van der Waals surface area contributed by atoms with Gasteiger partial charge in [-0.15, -0.1) is 0 Å². The van der Waals surface area contributed by atoms with Crippen molar-refractivity contribution in [1.82, 2.24) is 14.7 Å². The van der Waals surface area contributed by atoms with E-state index in [9.17, 15) is 0 Å². The summed E-state index contributed by atoms with van der Waals surface area (Å²) in [5.74, 6) is 0. The lowest BCUT2D eigenvalue weighted by atomic mass is 10.2. The van der Waals surface area contributed by atoms with Crippen molar-refractivity contribution >= 4 is 0 Å². The molecule has 103 valence electrons. The van der Waals surface area contributed by atoms with Gasteiger partial charge in [-0.3, -0.25) is 9.80 Å². The lowest BCUT2D eigenvalue weighted by Gasteiger charge is -2.32. The molecule has 0 unspecified atom stereocenters. The number of nitrogens with zero attached hydrogens (tertiary/aromatic N) is 3. The maximum Gasteiger partial charge on any atom is 0.0668 e. The van der Waals surface area contributed by atoms with Crippen molar-refractivity contribution in [3.63, 3.8) is 0 Å². The van der Waals surface area contributed by atoms with E-state index in [4.69, 9.17) is 10.2 Å². The first kappa shape index (κ1) is 16.8. The van der Waals surface area contributed by atoms with Crippen molar-refractivity contribution in [1.29, 1.82) is 0 Å². The van der Waals surface area contributed by atoms with Crippen LogP contribution in [-0.2, 0) is 0 Å². The minimum atomic E-state index is 0.186. The molecule has 0 aliphatic heterocycles. The van der Waals surface area contributed by atoms with Crippen LogP contribution in [0.2, 0.25) is 0 Å². The lowest BCUT2D eigenvalue weighted by Crippen LogP contribution is -2.42. The minimum Gasteiger partial charge on any atom is -0.395 e. The van der Waals surface area contributed by atoms with Crippen molar-refractivity contribution in [3.8, 4) is 0 Å². The van der Waals surface area contributed by atoms with Crippen LogP contribution in [-0.4, -0.2) is 92.0 Å². The molecule has 0 aromatic rings. The molecular weight excluding hydrogens is 218 g/mol. The van der Waals surface area contributed by atoms with E-state index in [-0.39, 0.29) is 13.2 Å². The Hall–Kier alpha value is -0.200. The molecule has 0 rings (SSSR count). The molecule has 0 heterocycles. The van der Waals surface area contributed by atoms with Gasteiger partial charge in [0.2, 0.25) is 0 Å². The maximum absolute atomic E-state index is 8.98. The molecule has 17 heavy (non-hydrogen) atoms. The van der Waals surface area contributed by atoms with Crippen LogP contribution in [0.1, 0.15) is 6.92 Å². The van der Waals surface area contributed by atoms with Gasteiger partial charge in [0, 0.05) is 26.2 Å². The predicted molar refractivity (Wildman–Crippen MR) is 70.7 cm³/mol. The van der Waals surface area contributed by atoms with Gasteiger partial charge in [0.05, 0.1) is 19.3 Å². The monoisotopic (exact) mass is 246 g/mol. The Labute approximate surface area is 106 Å². The number of aliphatic hydroxyl groups excluding tert-OH is 2. The molecule has 5 nitrogen and oxygen atoms in total. The Kier molecular flexibility index (Phi) is 9.68. The van der Waals surface area contributed by atoms with E-state index in [1.165, 1.54) is 6.04 Å². The first-order chi connectivity index (χ1) is 8.04. The fourth-order valence-corrected chi connectivity index (χ4v) is 1.64. The van der Waals surface area contributed by atoms with Crippen molar-refractivity contribution in [2.24, 2.45) is 0 Å². The SMILES string of the molecule is CCN(CCO)C[C](CN(C)CCO)N(C)C. The van der Waals surface area contributed by atoms with Gasteiger partial charge < -0.3 is 15.1 Å². The van der Waals surface area contributed by atoms with E-state index in [2.05, 4.69) is 21.6 Å². The summed E-state index contributed by atoms with van der Waals surface area (Å²) in [6.07, 6.45) is 0. The maximum atomic E-state index is 8.98. The molecule has 0 fully saturated rings. The second-order valence-corrected chi connectivity index (χ2v) is 4.51. The smallest absolute Gasteiger partial charge is 0.0668 e. The molecule has 1 radical (unpaired) electrons. The van der Waals surface area contributed by atoms with Crippen LogP contribution in [0.25, 0.3) is 0 Å². The Morgan fingerprint density at radius 3 is 1.94 bits per heavy atom. The highest BCUT2D eigenvalue weighted by Crippen LogP contribution is 2.08. The van der Waals surface area contributed by atoms with E-state index in [1.807, 2.05) is 21.1 Å². The lowest BCUT2D eigenvalue weighted by molar-refractivity contribution is 0.167. The fraction of sp³-hybridized carbons (Fsp3) is 0.917. The normalized spacial score (nSPS) is 12.4. The molecule has 0 spiro atoms. The van der Waals surface area contributed by atoms with Gasteiger partial charge in [0.25, 0.3) is 0 Å². The third kappa shape index (κ3) is 7.68. The highest BCUT2D eigenvalue weighted by atomic mass is 16.3. The van der Waals surface area contributed by atoms with Gasteiger partial charge in [0.1, 0.15) is 0 Å².